The third-order valence-electron chi connectivity index (χ3n) is 1.48. The molecule has 1 rings (SSSR count). The fourth-order valence-electron chi connectivity index (χ4n) is 0.964. The highest BCUT2D eigenvalue weighted by atomic mass is 127. The van der Waals surface area contributed by atoms with Gasteiger partial charge in [-0.3, -0.25) is 0 Å². The first-order valence-corrected chi connectivity index (χ1v) is 3.77. The Labute approximate surface area is 63.4 Å². The molecule has 8 heavy (non-hydrogen) atoms. The van der Waals surface area contributed by atoms with Crippen LogP contribution in [-0.2, 0) is 0 Å². The molecule has 0 aromatic heterocycles. The zero-order valence-electron chi connectivity index (χ0n) is 4.84. The maximum Gasteiger partial charge on any atom is 0.0690 e. The van der Waals surface area contributed by atoms with Crippen LogP contribution in [0.5, 0.6) is 0 Å². The van der Waals surface area contributed by atoms with E-state index in [0.717, 1.165) is 13.0 Å². The van der Waals surface area contributed by atoms with Gasteiger partial charge in [-0.15, -0.1) is 0 Å². The summed E-state index contributed by atoms with van der Waals surface area (Å²) in [5, 5.41) is 9.02. The van der Waals surface area contributed by atoms with Crippen molar-refractivity contribution in [1.29, 1.82) is 0 Å². The third kappa shape index (κ3) is 1.33. The highest BCUT2D eigenvalue weighted by molar-refractivity contribution is 14.1. The van der Waals surface area contributed by atoms with Gasteiger partial charge in [-0.05, 0) is 13.3 Å². The largest absolute Gasteiger partial charge is 0.392 e. The summed E-state index contributed by atoms with van der Waals surface area (Å²) >= 11 is 2.25. The molecule has 3 heteroatoms. The van der Waals surface area contributed by atoms with Gasteiger partial charge >= 0.3 is 0 Å². The van der Waals surface area contributed by atoms with Gasteiger partial charge in [0, 0.05) is 35.5 Å². The van der Waals surface area contributed by atoms with Crippen molar-refractivity contribution in [2.45, 2.75) is 25.5 Å². The van der Waals surface area contributed by atoms with Crippen LogP contribution in [-0.4, -0.2) is 26.9 Å². The fraction of sp³-hybridized carbons (Fsp3) is 1.00. The number of β-amino-alcohol motifs (C(OH)–C–C–N with tert-alkyl or cyclic N) is 1. The van der Waals surface area contributed by atoms with E-state index >= 15 is 0 Å². The van der Waals surface area contributed by atoms with Crippen molar-refractivity contribution in [3.8, 4) is 0 Å². The van der Waals surface area contributed by atoms with Crippen molar-refractivity contribution in [2.75, 3.05) is 6.54 Å². The van der Waals surface area contributed by atoms with E-state index in [4.69, 9.17) is 5.11 Å². The van der Waals surface area contributed by atoms with Gasteiger partial charge in [0.2, 0.25) is 0 Å². The van der Waals surface area contributed by atoms with Crippen molar-refractivity contribution in [3.05, 3.63) is 0 Å². The molecule has 2 atom stereocenters. The second-order valence-electron chi connectivity index (χ2n) is 2.32. The Hall–Kier alpha value is 0.650. The Morgan fingerprint density at radius 1 is 1.75 bits per heavy atom. The number of rotatable bonds is 0. The summed E-state index contributed by atoms with van der Waals surface area (Å²) in [5.74, 6) is 0. The van der Waals surface area contributed by atoms with Gasteiger partial charge in [0.15, 0.2) is 0 Å². The van der Waals surface area contributed by atoms with Crippen molar-refractivity contribution in [2.24, 2.45) is 0 Å². The molecule has 1 aliphatic heterocycles. The van der Waals surface area contributed by atoms with E-state index < -0.39 is 0 Å². The molecule has 0 unspecified atom stereocenters. The van der Waals surface area contributed by atoms with Gasteiger partial charge in [-0.1, -0.05) is 0 Å². The molecular weight excluding hydrogens is 217 g/mol. The predicted molar refractivity (Wildman–Crippen MR) is 40.8 cm³/mol. The normalized spacial score (nSPS) is 40.9. The van der Waals surface area contributed by atoms with Crippen molar-refractivity contribution < 1.29 is 5.11 Å². The average molecular weight is 227 g/mol. The molecular formula is C5H10INO. The molecule has 1 N–H and O–H groups in total. The first-order chi connectivity index (χ1) is 3.70. The number of hydrogen-bond acceptors (Lipinski definition) is 2. The maximum atomic E-state index is 9.02. The topological polar surface area (TPSA) is 23.5 Å². The summed E-state index contributed by atoms with van der Waals surface area (Å²) in [6.07, 6.45) is 0.852. The minimum Gasteiger partial charge on any atom is -0.392 e. The smallest absolute Gasteiger partial charge is 0.0690 e. The molecule has 0 amide bonds. The molecule has 0 saturated carbocycles. The summed E-state index contributed by atoms with van der Waals surface area (Å²) in [6.45, 7) is 2.96. The average Bonchev–Trinajstić information content (AvgIpc) is 1.85. The van der Waals surface area contributed by atoms with Crippen LogP contribution in [0.25, 0.3) is 0 Å². The summed E-state index contributed by atoms with van der Waals surface area (Å²) in [6, 6.07) is 0.561. The minimum absolute atomic E-state index is 0.0816. The van der Waals surface area contributed by atoms with Gasteiger partial charge in [0.25, 0.3) is 0 Å². The van der Waals surface area contributed by atoms with E-state index in [9.17, 15) is 0 Å². The van der Waals surface area contributed by atoms with Crippen LogP contribution in [0.2, 0.25) is 0 Å². The minimum atomic E-state index is -0.0816. The highest BCUT2D eigenvalue weighted by Gasteiger charge is 2.24. The van der Waals surface area contributed by atoms with Gasteiger partial charge in [-0.25, -0.2) is 3.11 Å². The highest BCUT2D eigenvalue weighted by Crippen LogP contribution is 2.20. The van der Waals surface area contributed by atoms with Gasteiger partial charge < -0.3 is 5.11 Å². The standard InChI is InChI=1S/C5H10INO/c1-4-2-5(8)3-7(4)6/h4-5,8H,2-3H2,1H3/t4-,5-/m1/s1. The Balaban J connectivity index is 2.39. The van der Waals surface area contributed by atoms with Crippen LogP contribution < -0.4 is 0 Å². The lowest BCUT2D eigenvalue weighted by molar-refractivity contribution is 0.191. The zero-order valence-corrected chi connectivity index (χ0v) is 7.00. The van der Waals surface area contributed by atoms with E-state index in [1.807, 2.05) is 0 Å². The van der Waals surface area contributed by atoms with Crippen LogP contribution >= 0.6 is 22.9 Å². The van der Waals surface area contributed by atoms with Gasteiger partial charge in [0.05, 0.1) is 6.10 Å². The van der Waals surface area contributed by atoms with E-state index in [1.54, 1.807) is 0 Å². The van der Waals surface area contributed by atoms with E-state index in [0.29, 0.717) is 6.04 Å². The van der Waals surface area contributed by atoms with Crippen LogP contribution in [0.1, 0.15) is 13.3 Å². The molecule has 0 bridgehead atoms. The van der Waals surface area contributed by atoms with Crippen LogP contribution in [0.4, 0.5) is 0 Å². The molecule has 0 aromatic rings. The molecule has 1 aliphatic rings. The van der Waals surface area contributed by atoms with E-state index in [1.165, 1.54) is 0 Å². The molecule has 1 fully saturated rings. The molecule has 48 valence electrons. The lowest BCUT2D eigenvalue weighted by Gasteiger charge is -2.08. The van der Waals surface area contributed by atoms with Crippen molar-refractivity contribution in [1.82, 2.24) is 3.11 Å². The van der Waals surface area contributed by atoms with Crippen LogP contribution in [0.15, 0.2) is 0 Å². The quantitative estimate of drug-likeness (QED) is 0.488. The van der Waals surface area contributed by atoms with Crippen LogP contribution in [0, 0.1) is 0 Å². The molecule has 0 aliphatic carbocycles. The number of hydrogen-bond donors (Lipinski definition) is 1. The third-order valence-corrected chi connectivity index (χ3v) is 2.82. The summed E-state index contributed by atoms with van der Waals surface area (Å²) in [4.78, 5) is 0. The maximum absolute atomic E-state index is 9.02. The Bertz CT molecular complexity index is 78.5. The SMILES string of the molecule is C[C@@H]1C[C@@H](O)CN1I. The molecule has 0 radical (unpaired) electrons. The lowest BCUT2D eigenvalue weighted by Crippen LogP contribution is -2.14. The predicted octanol–water partition coefficient (Wildman–Crippen LogP) is 0.792. The summed E-state index contributed by atoms with van der Waals surface area (Å²) in [7, 11) is 0. The monoisotopic (exact) mass is 227 g/mol. The van der Waals surface area contributed by atoms with Crippen molar-refractivity contribution >= 4 is 22.9 Å². The van der Waals surface area contributed by atoms with Crippen molar-refractivity contribution in [3.63, 3.8) is 0 Å². The number of aliphatic hydroxyl groups is 1. The lowest BCUT2D eigenvalue weighted by atomic mass is 10.2. The van der Waals surface area contributed by atoms with Gasteiger partial charge in [0.1, 0.15) is 0 Å². The molecule has 2 nitrogen and oxygen atoms in total. The fourth-order valence-corrected chi connectivity index (χ4v) is 1.65. The Kier molecular flexibility index (Phi) is 2.11. The number of halogens is 1. The second kappa shape index (κ2) is 2.49. The first kappa shape index (κ1) is 6.77. The Morgan fingerprint density at radius 2 is 2.38 bits per heavy atom. The first-order valence-electron chi connectivity index (χ1n) is 2.80. The van der Waals surface area contributed by atoms with Crippen LogP contribution in [0.3, 0.4) is 0 Å². The van der Waals surface area contributed by atoms with E-state index in [2.05, 4.69) is 32.9 Å². The molecule has 0 aromatic carbocycles. The number of aliphatic hydroxyl groups excluding tert-OH is 1. The molecule has 0 spiro atoms. The summed E-state index contributed by atoms with van der Waals surface area (Å²) in [5.41, 5.74) is 0. The number of nitrogens with zero attached hydrogens (tertiary/aromatic N) is 1. The Morgan fingerprint density at radius 3 is 2.50 bits per heavy atom. The zero-order chi connectivity index (χ0) is 6.15. The summed E-state index contributed by atoms with van der Waals surface area (Å²) < 4.78 is 2.14. The molecule has 1 heterocycles. The second-order valence-corrected chi connectivity index (χ2v) is 3.56. The van der Waals surface area contributed by atoms with Gasteiger partial charge in [-0.2, -0.15) is 0 Å². The van der Waals surface area contributed by atoms with E-state index in [-0.39, 0.29) is 6.10 Å². The molecule has 1 saturated heterocycles.